The summed E-state index contributed by atoms with van der Waals surface area (Å²) in [4.78, 5) is 18.3. The van der Waals surface area contributed by atoms with Crippen LogP contribution in [0.3, 0.4) is 0 Å². The van der Waals surface area contributed by atoms with E-state index in [1.165, 1.54) is 12.1 Å². The second-order valence-electron chi connectivity index (χ2n) is 5.23. The summed E-state index contributed by atoms with van der Waals surface area (Å²) in [6.45, 7) is 0. The first-order valence-electron chi connectivity index (χ1n) is 7.46. The molecule has 1 N–H and O–H groups in total. The van der Waals surface area contributed by atoms with Gasteiger partial charge in [0.15, 0.2) is 0 Å². The molecule has 0 unspecified atom stereocenters. The summed E-state index contributed by atoms with van der Waals surface area (Å²) >= 11 is 0. The van der Waals surface area contributed by atoms with Crippen molar-refractivity contribution in [1.29, 1.82) is 0 Å². The van der Waals surface area contributed by atoms with Crippen LogP contribution in [0.1, 0.15) is 10.5 Å². The molecule has 1 amide bonds. The largest absolute Gasteiger partial charge is 0.345 e. The Balaban J connectivity index is 1.83. The van der Waals surface area contributed by atoms with Crippen LogP contribution in [0.15, 0.2) is 72.9 Å². The first-order valence-corrected chi connectivity index (χ1v) is 7.46. The van der Waals surface area contributed by atoms with Crippen LogP contribution in [0.4, 0.5) is 21.5 Å². The first-order chi connectivity index (χ1) is 11.6. The Morgan fingerprint density at radius 1 is 1.00 bits per heavy atom. The van der Waals surface area contributed by atoms with Gasteiger partial charge in [0.1, 0.15) is 11.5 Å². The number of hydrogen-bond donors (Lipinski definition) is 1. The van der Waals surface area contributed by atoms with Crippen LogP contribution >= 0.6 is 0 Å². The summed E-state index contributed by atoms with van der Waals surface area (Å²) in [5, 5.41) is 2.54. The third-order valence-corrected chi connectivity index (χ3v) is 3.63. The van der Waals surface area contributed by atoms with Gasteiger partial charge in [-0.05, 0) is 36.4 Å². The normalized spacial score (nSPS) is 10.2. The number of para-hydroxylation sites is 2. The molecule has 0 atom stereocenters. The molecular formula is C19H16FN3O. The second-order valence-corrected chi connectivity index (χ2v) is 5.23. The molecule has 0 saturated carbocycles. The maximum atomic E-state index is 13.7. The molecule has 0 aliphatic carbocycles. The van der Waals surface area contributed by atoms with E-state index in [0.717, 1.165) is 11.4 Å². The summed E-state index contributed by atoms with van der Waals surface area (Å²) in [7, 11) is 1.91. The van der Waals surface area contributed by atoms with Gasteiger partial charge in [0, 0.05) is 24.6 Å². The smallest absolute Gasteiger partial charge is 0.274 e. The summed E-state index contributed by atoms with van der Waals surface area (Å²) in [6, 6.07) is 19.3. The van der Waals surface area contributed by atoms with E-state index in [-0.39, 0.29) is 11.4 Å². The van der Waals surface area contributed by atoms with Crippen molar-refractivity contribution < 1.29 is 9.18 Å². The van der Waals surface area contributed by atoms with E-state index in [9.17, 15) is 9.18 Å². The van der Waals surface area contributed by atoms with Gasteiger partial charge in [-0.2, -0.15) is 0 Å². The molecule has 0 aliphatic rings. The SMILES string of the molecule is CN(c1ccccc1)c1ccnc(C(=O)Nc2ccccc2F)c1. The van der Waals surface area contributed by atoms with Gasteiger partial charge in [-0.1, -0.05) is 30.3 Å². The number of amides is 1. The third kappa shape index (κ3) is 3.41. The fourth-order valence-electron chi connectivity index (χ4n) is 2.30. The number of carbonyl (C=O) groups is 1. The summed E-state index contributed by atoms with van der Waals surface area (Å²) < 4.78 is 13.7. The van der Waals surface area contributed by atoms with Crippen LogP contribution in [0, 0.1) is 5.82 Å². The monoisotopic (exact) mass is 321 g/mol. The minimum atomic E-state index is -0.483. The van der Waals surface area contributed by atoms with Crippen LogP contribution in [0.25, 0.3) is 0 Å². The predicted octanol–water partition coefficient (Wildman–Crippen LogP) is 4.24. The Morgan fingerprint density at radius 2 is 1.71 bits per heavy atom. The van der Waals surface area contributed by atoms with E-state index in [2.05, 4.69) is 10.3 Å². The molecule has 120 valence electrons. The molecule has 1 heterocycles. The standard InChI is InChI=1S/C19H16FN3O/c1-23(14-7-3-2-4-8-14)15-11-12-21-18(13-15)19(24)22-17-10-6-5-9-16(17)20/h2-13H,1H3,(H,22,24). The number of nitrogens with zero attached hydrogens (tertiary/aromatic N) is 2. The lowest BCUT2D eigenvalue weighted by Gasteiger charge is -2.19. The molecule has 0 radical (unpaired) electrons. The number of hydrogen-bond acceptors (Lipinski definition) is 3. The van der Waals surface area contributed by atoms with Crippen LogP contribution in [-0.2, 0) is 0 Å². The Labute approximate surface area is 139 Å². The van der Waals surface area contributed by atoms with E-state index in [1.807, 2.05) is 48.3 Å². The fourth-order valence-corrected chi connectivity index (χ4v) is 2.30. The van der Waals surface area contributed by atoms with Crippen molar-refractivity contribution >= 4 is 23.0 Å². The lowest BCUT2D eigenvalue weighted by atomic mass is 10.2. The van der Waals surface area contributed by atoms with Gasteiger partial charge in [-0.3, -0.25) is 9.78 Å². The number of benzene rings is 2. The Hall–Kier alpha value is -3.21. The van der Waals surface area contributed by atoms with Crippen molar-refractivity contribution in [3.8, 4) is 0 Å². The number of pyridine rings is 1. The highest BCUT2D eigenvalue weighted by molar-refractivity contribution is 6.03. The summed E-state index contributed by atoms with van der Waals surface area (Å²) in [5.41, 5.74) is 2.16. The van der Waals surface area contributed by atoms with Crippen LogP contribution < -0.4 is 10.2 Å². The number of nitrogens with one attached hydrogen (secondary N) is 1. The highest BCUT2D eigenvalue weighted by Crippen LogP contribution is 2.23. The van der Waals surface area contributed by atoms with Gasteiger partial charge in [0.2, 0.25) is 0 Å². The van der Waals surface area contributed by atoms with Crippen molar-refractivity contribution in [2.75, 3.05) is 17.3 Å². The minimum absolute atomic E-state index is 0.131. The summed E-state index contributed by atoms with van der Waals surface area (Å²) in [6.07, 6.45) is 1.56. The second kappa shape index (κ2) is 6.91. The molecule has 4 nitrogen and oxygen atoms in total. The number of halogens is 1. The molecule has 0 fully saturated rings. The number of carbonyl (C=O) groups excluding carboxylic acids is 1. The van der Waals surface area contributed by atoms with E-state index in [1.54, 1.807) is 24.4 Å². The molecule has 0 aliphatic heterocycles. The molecule has 24 heavy (non-hydrogen) atoms. The van der Waals surface area contributed by atoms with Gasteiger partial charge >= 0.3 is 0 Å². The van der Waals surface area contributed by atoms with E-state index in [4.69, 9.17) is 0 Å². The average molecular weight is 321 g/mol. The van der Waals surface area contributed by atoms with Crippen LogP contribution in [0.5, 0.6) is 0 Å². The van der Waals surface area contributed by atoms with E-state index < -0.39 is 11.7 Å². The molecule has 5 heteroatoms. The molecule has 0 saturated heterocycles. The third-order valence-electron chi connectivity index (χ3n) is 3.63. The Kier molecular flexibility index (Phi) is 4.52. The fraction of sp³-hybridized carbons (Fsp3) is 0.0526. The number of anilines is 3. The molecular weight excluding hydrogens is 305 g/mol. The maximum Gasteiger partial charge on any atom is 0.274 e. The zero-order valence-corrected chi connectivity index (χ0v) is 13.1. The molecule has 0 spiro atoms. The number of aromatic nitrogens is 1. The van der Waals surface area contributed by atoms with Crippen molar-refractivity contribution in [2.24, 2.45) is 0 Å². The highest BCUT2D eigenvalue weighted by Gasteiger charge is 2.12. The van der Waals surface area contributed by atoms with Gasteiger partial charge in [-0.15, -0.1) is 0 Å². The topological polar surface area (TPSA) is 45.2 Å². The van der Waals surface area contributed by atoms with Gasteiger partial charge in [-0.25, -0.2) is 4.39 Å². The van der Waals surface area contributed by atoms with Gasteiger partial charge in [0.25, 0.3) is 5.91 Å². The predicted molar refractivity (Wildman–Crippen MR) is 93.1 cm³/mol. The van der Waals surface area contributed by atoms with Crippen LogP contribution in [-0.4, -0.2) is 17.9 Å². The highest BCUT2D eigenvalue weighted by atomic mass is 19.1. The zero-order valence-electron chi connectivity index (χ0n) is 13.1. The molecule has 3 aromatic rings. The quantitative estimate of drug-likeness (QED) is 0.782. The lowest BCUT2D eigenvalue weighted by Crippen LogP contribution is -2.16. The summed E-state index contributed by atoms with van der Waals surface area (Å²) in [5.74, 6) is -0.938. The van der Waals surface area contributed by atoms with Crippen molar-refractivity contribution in [3.05, 3.63) is 84.4 Å². The van der Waals surface area contributed by atoms with Crippen LogP contribution in [0.2, 0.25) is 0 Å². The average Bonchev–Trinajstić information content (AvgIpc) is 2.64. The first kappa shape index (κ1) is 15.7. The van der Waals surface area contributed by atoms with Crippen molar-refractivity contribution in [3.63, 3.8) is 0 Å². The van der Waals surface area contributed by atoms with Crippen molar-refractivity contribution in [2.45, 2.75) is 0 Å². The lowest BCUT2D eigenvalue weighted by molar-refractivity contribution is 0.102. The van der Waals surface area contributed by atoms with Crippen molar-refractivity contribution in [1.82, 2.24) is 4.98 Å². The van der Waals surface area contributed by atoms with E-state index >= 15 is 0 Å². The maximum absolute atomic E-state index is 13.7. The minimum Gasteiger partial charge on any atom is -0.345 e. The number of rotatable bonds is 4. The molecule has 0 bridgehead atoms. The van der Waals surface area contributed by atoms with Gasteiger partial charge < -0.3 is 10.2 Å². The van der Waals surface area contributed by atoms with E-state index in [0.29, 0.717) is 0 Å². The zero-order chi connectivity index (χ0) is 16.9. The molecule has 1 aromatic heterocycles. The Bertz CT molecular complexity index is 852. The molecule has 2 aromatic carbocycles. The van der Waals surface area contributed by atoms with Gasteiger partial charge in [0.05, 0.1) is 5.69 Å². The molecule has 3 rings (SSSR count). The Morgan fingerprint density at radius 3 is 2.46 bits per heavy atom.